The number of carboxylic acids is 1. The highest BCUT2D eigenvalue weighted by molar-refractivity contribution is 5.77. The number of rotatable bonds is 6. The van der Waals surface area contributed by atoms with E-state index >= 15 is 0 Å². The van der Waals surface area contributed by atoms with Gasteiger partial charge in [-0.15, -0.1) is 0 Å². The number of nitrogen functional groups attached to an aromatic ring is 1. The van der Waals surface area contributed by atoms with E-state index in [1.54, 1.807) is 11.0 Å². The minimum absolute atomic E-state index is 0.0545. The number of anilines is 2. The van der Waals surface area contributed by atoms with Gasteiger partial charge in [-0.3, -0.25) is 4.79 Å². The van der Waals surface area contributed by atoms with E-state index < -0.39 is 5.97 Å². The van der Waals surface area contributed by atoms with Crippen LogP contribution in [0.15, 0.2) is 54.6 Å². The molecule has 0 aliphatic heterocycles. The van der Waals surface area contributed by atoms with Gasteiger partial charge in [-0.05, 0) is 24.1 Å². The quantitative estimate of drug-likeness (QED) is 0.791. The van der Waals surface area contributed by atoms with Crippen LogP contribution in [0.1, 0.15) is 5.56 Å². The highest BCUT2D eigenvalue weighted by Gasteiger charge is 2.12. The van der Waals surface area contributed by atoms with E-state index in [4.69, 9.17) is 10.8 Å². The van der Waals surface area contributed by atoms with Gasteiger partial charge in [-0.1, -0.05) is 42.5 Å². The maximum Gasteiger partial charge on any atom is 0.323 e. The Morgan fingerprint density at radius 2 is 1.70 bits per heavy atom. The van der Waals surface area contributed by atoms with Crippen molar-refractivity contribution in [3.05, 3.63) is 60.2 Å². The minimum atomic E-state index is -0.860. The van der Waals surface area contributed by atoms with Crippen LogP contribution >= 0.6 is 0 Å². The molecule has 0 saturated carbocycles. The second-order valence-electron chi connectivity index (χ2n) is 4.61. The first kappa shape index (κ1) is 13.9. The zero-order valence-corrected chi connectivity index (χ0v) is 11.2. The topological polar surface area (TPSA) is 66.6 Å². The lowest BCUT2D eigenvalue weighted by molar-refractivity contribution is -0.135. The lowest BCUT2D eigenvalue weighted by Gasteiger charge is -2.24. The van der Waals surface area contributed by atoms with Gasteiger partial charge in [-0.2, -0.15) is 0 Å². The Morgan fingerprint density at radius 1 is 1.05 bits per heavy atom. The summed E-state index contributed by atoms with van der Waals surface area (Å²) < 4.78 is 0. The second-order valence-corrected chi connectivity index (χ2v) is 4.61. The van der Waals surface area contributed by atoms with Gasteiger partial charge < -0.3 is 15.7 Å². The number of carbonyl (C=O) groups is 1. The average Bonchev–Trinajstić information content (AvgIpc) is 2.45. The standard InChI is InChI=1S/C16H18N2O2/c17-14-8-4-5-9-15(14)18(12-16(19)20)11-10-13-6-2-1-3-7-13/h1-9H,10-12,17H2,(H,19,20). The molecule has 0 radical (unpaired) electrons. The number of nitrogens with two attached hydrogens (primary N) is 1. The van der Waals surface area contributed by atoms with E-state index in [1.165, 1.54) is 5.56 Å². The minimum Gasteiger partial charge on any atom is -0.480 e. The molecule has 20 heavy (non-hydrogen) atoms. The van der Waals surface area contributed by atoms with E-state index in [-0.39, 0.29) is 6.54 Å². The lowest BCUT2D eigenvalue weighted by Crippen LogP contribution is -2.32. The van der Waals surface area contributed by atoms with Crippen molar-refractivity contribution in [2.75, 3.05) is 23.7 Å². The summed E-state index contributed by atoms with van der Waals surface area (Å²) in [6, 6.07) is 17.3. The molecule has 2 aromatic rings. The smallest absolute Gasteiger partial charge is 0.323 e. The van der Waals surface area contributed by atoms with Gasteiger partial charge in [0.1, 0.15) is 6.54 Å². The molecule has 0 fully saturated rings. The van der Waals surface area contributed by atoms with Crippen molar-refractivity contribution in [3.8, 4) is 0 Å². The van der Waals surface area contributed by atoms with Gasteiger partial charge in [-0.25, -0.2) is 0 Å². The van der Waals surface area contributed by atoms with Crippen LogP contribution < -0.4 is 10.6 Å². The molecule has 0 unspecified atom stereocenters. The fourth-order valence-corrected chi connectivity index (χ4v) is 2.13. The predicted molar refractivity (Wildman–Crippen MR) is 80.8 cm³/mol. The molecule has 0 atom stereocenters. The van der Waals surface area contributed by atoms with Crippen LogP contribution in [0.25, 0.3) is 0 Å². The molecule has 0 heterocycles. The zero-order chi connectivity index (χ0) is 14.4. The van der Waals surface area contributed by atoms with Gasteiger partial charge in [0.15, 0.2) is 0 Å². The van der Waals surface area contributed by atoms with Gasteiger partial charge in [0, 0.05) is 6.54 Å². The molecule has 4 heteroatoms. The number of carboxylic acid groups (broad SMARTS) is 1. The summed E-state index contributed by atoms with van der Waals surface area (Å²) in [5.74, 6) is -0.860. The monoisotopic (exact) mass is 270 g/mol. The third-order valence-electron chi connectivity index (χ3n) is 3.12. The Bertz CT molecular complexity index is 570. The van der Waals surface area contributed by atoms with E-state index in [9.17, 15) is 4.79 Å². The first-order valence-corrected chi connectivity index (χ1v) is 6.52. The van der Waals surface area contributed by atoms with E-state index in [0.29, 0.717) is 12.2 Å². The number of aliphatic carboxylic acids is 1. The Morgan fingerprint density at radius 3 is 2.35 bits per heavy atom. The summed E-state index contributed by atoms with van der Waals surface area (Å²) in [4.78, 5) is 12.8. The van der Waals surface area contributed by atoms with Crippen LogP contribution in [0.4, 0.5) is 11.4 Å². The number of hydrogen-bond acceptors (Lipinski definition) is 3. The maximum absolute atomic E-state index is 11.0. The van der Waals surface area contributed by atoms with Crippen LogP contribution in [-0.4, -0.2) is 24.2 Å². The SMILES string of the molecule is Nc1ccccc1N(CCc1ccccc1)CC(=O)O. The number of para-hydroxylation sites is 2. The molecule has 0 bridgehead atoms. The van der Waals surface area contributed by atoms with Crippen LogP contribution in [0.5, 0.6) is 0 Å². The van der Waals surface area contributed by atoms with Gasteiger partial charge in [0.2, 0.25) is 0 Å². The molecule has 0 saturated heterocycles. The number of hydrogen-bond donors (Lipinski definition) is 2. The number of nitrogens with zero attached hydrogens (tertiary/aromatic N) is 1. The van der Waals surface area contributed by atoms with Crippen molar-refractivity contribution in [2.45, 2.75) is 6.42 Å². The largest absolute Gasteiger partial charge is 0.480 e. The van der Waals surface area contributed by atoms with Crippen molar-refractivity contribution < 1.29 is 9.90 Å². The van der Waals surface area contributed by atoms with Crippen LogP contribution in [0, 0.1) is 0 Å². The molecule has 0 aliphatic rings. The normalized spacial score (nSPS) is 10.2. The molecule has 0 amide bonds. The summed E-state index contributed by atoms with van der Waals surface area (Å²) in [6.07, 6.45) is 0.780. The van der Waals surface area contributed by atoms with E-state index in [1.807, 2.05) is 48.5 Å². The Hall–Kier alpha value is -2.49. The zero-order valence-electron chi connectivity index (χ0n) is 11.2. The third-order valence-corrected chi connectivity index (χ3v) is 3.12. The Labute approximate surface area is 118 Å². The molecular weight excluding hydrogens is 252 g/mol. The molecule has 2 aromatic carbocycles. The van der Waals surface area contributed by atoms with E-state index in [2.05, 4.69) is 0 Å². The molecule has 0 aliphatic carbocycles. The van der Waals surface area contributed by atoms with Crippen LogP contribution in [0.3, 0.4) is 0 Å². The maximum atomic E-state index is 11.0. The van der Waals surface area contributed by atoms with E-state index in [0.717, 1.165) is 12.1 Å². The molecule has 4 nitrogen and oxygen atoms in total. The van der Waals surface area contributed by atoms with Crippen molar-refractivity contribution in [1.82, 2.24) is 0 Å². The number of benzene rings is 2. The van der Waals surface area contributed by atoms with Crippen molar-refractivity contribution >= 4 is 17.3 Å². The lowest BCUT2D eigenvalue weighted by atomic mass is 10.1. The highest BCUT2D eigenvalue weighted by atomic mass is 16.4. The van der Waals surface area contributed by atoms with Crippen molar-refractivity contribution in [2.24, 2.45) is 0 Å². The molecule has 0 spiro atoms. The van der Waals surface area contributed by atoms with Crippen molar-refractivity contribution in [1.29, 1.82) is 0 Å². The van der Waals surface area contributed by atoms with Crippen LogP contribution in [0.2, 0.25) is 0 Å². The predicted octanol–water partition coefficient (Wildman–Crippen LogP) is 2.40. The summed E-state index contributed by atoms with van der Waals surface area (Å²) in [5, 5.41) is 9.05. The summed E-state index contributed by atoms with van der Waals surface area (Å²) >= 11 is 0. The molecule has 104 valence electrons. The molecular formula is C16H18N2O2. The summed E-state index contributed by atoms with van der Waals surface area (Å²) in [5.41, 5.74) is 8.48. The van der Waals surface area contributed by atoms with Gasteiger partial charge in [0.05, 0.1) is 11.4 Å². The summed E-state index contributed by atoms with van der Waals surface area (Å²) in [7, 11) is 0. The highest BCUT2D eigenvalue weighted by Crippen LogP contribution is 2.22. The fraction of sp³-hybridized carbons (Fsp3) is 0.188. The molecule has 2 rings (SSSR count). The van der Waals surface area contributed by atoms with Gasteiger partial charge in [0.25, 0.3) is 0 Å². The molecule has 3 N–H and O–H groups in total. The van der Waals surface area contributed by atoms with Crippen molar-refractivity contribution in [3.63, 3.8) is 0 Å². The first-order chi connectivity index (χ1) is 9.66. The average molecular weight is 270 g/mol. The Kier molecular flexibility index (Phi) is 4.60. The van der Waals surface area contributed by atoms with Gasteiger partial charge >= 0.3 is 5.97 Å². The third kappa shape index (κ3) is 3.75. The Balaban J connectivity index is 2.12. The van der Waals surface area contributed by atoms with Crippen LogP contribution in [-0.2, 0) is 11.2 Å². The second kappa shape index (κ2) is 6.61. The summed E-state index contributed by atoms with van der Waals surface area (Å²) in [6.45, 7) is 0.561. The fourth-order valence-electron chi connectivity index (χ4n) is 2.13. The first-order valence-electron chi connectivity index (χ1n) is 6.52. The molecule has 0 aromatic heterocycles.